The molecule has 0 aliphatic carbocycles. The monoisotopic (exact) mass is 296 g/mol. The fourth-order valence-electron chi connectivity index (χ4n) is 2.18. The van der Waals surface area contributed by atoms with Crippen LogP contribution in [-0.2, 0) is 5.75 Å². The Labute approximate surface area is 128 Å². The maximum atomic E-state index is 6.07. The standard InChI is InChI=1S/C17H16N2OS/c1-20-15-8-4-5-9-16(15)21-11-13-10-12-6-2-3-7-14(12)19-17(13)18/h2-10H,11H2,1H3,(H2,18,19). The van der Waals surface area contributed by atoms with E-state index in [0.29, 0.717) is 5.82 Å². The van der Waals surface area contributed by atoms with Crippen molar-refractivity contribution in [2.24, 2.45) is 0 Å². The summed E-state index contributed by atoms with van der Waals surface area (Å²) in [6.45, 7) is 0. The number of ether oxygens (including phenoxy) is 1. The molecule has 2 N–H and O–H groups in total. The predicted molar refractivity (Wildman–Crippen MR) is 88.7 cm³/mol. The van der Waals surface area contributed by atoms with Crippen LogP contribution in [0.25, 0.3) is 10.9 Å². The molecule has 3 nitrogen and oxygen atoms in total. The van der Waals surface area contributed by atoms with Crippen LogP contribution in [0, 0.1) is 0 Å². The Morgan fingerprint density at radius 2 is 1.86 bits per heavy atom. The molecule has 0 fully saturated rings. The summed E-state index contributed by atoms with van der Waals surface area (Å²) < 4.78 is 5.37. The maximum absolute atomic E-state index is 6.07. The zero-order valence-electron chi connectivity index (χ0n) is 11.7. The first-order valence-corrected chi connectivity index (χ1v) is 7.66. The highest BCUT2D eigenvalue weighted by atomic mass is 32.2. The molecule has 4 heteroatoms. The zero-order chi connectivity index (χ0) is 14.7. The molecule has 1 aromatic heterocycles. The number of fused-ring (bicyclic) bond motifs is 1. The summed E-state index contributed by atoms with van der Waals surface area (Å²) in [4.78, 5) is 5.57. The molecular weight excluding hydrogens is 280 g/mol. The van der Waals surface area contributed by atoms with Crippen LogP contribution in [-0.4, -0.2) is 12.1 Å². The third-order valence-corrected chi connectivity index (χ3v) is 4.39. The van der Waals surface area contributed by atoms with Crippen LogP contribution in [0.1, 0.15) is 5.56 Å². The summed E-state index contributed by atoms with van der Waals surface area (Å²) >= 11 is 1.70. The Bertz CT molecular complexity index is 774. The molecule has 0 atom stereocenters. The van der Waals surface area contributed by atoms with Gasteiger partial charge in [-0.05, 0) is 24.3 Å². The largest absolute Gasteiger partial charge is 0.496 e. The lowest BCUT2D eigenvalue weighted by Crippen LogP contribution is -1.97. The van der Waals surface area contributed by atoms with Crippen LogP contribution in [0.2, 0.25) is 0 Å². The second-order valence-corrected chi connectivity index (χ2v) is 5.68. The van der Waals surface area contributed by atoms with Crippen LogP contribution in [0.5, 0.6) is 5.75 Å². The molecule has 1 heterocycles. The van der Waals surface area contributed by atoms with E-state index in [4.69, 9.17) is 10.5 Å². The molecule has 0 amide bonds. The normalized spacial score (nSPS) is 10.7. The van der Waals surface area contributed by atoms with Gasteiger partial charge in [-0.2, -0.15) is 0 Å². The number of anilines is 1. The number of hydrogen-bond donors (Lipinski definition) is 1. The lowest BCUT2D eigenvalue weighted by Gasteiger charge is -2.09. The first-order valence-electron chi connectivity index (χ1n) is 6.68. The lowest BCUT2D eigenvalue weighted by atomic mass is 10.1. The third-order valence-electron chi connectivity index (χ3n) is 3.29. The molecular formula is C17H16N2OS. The maximum Gasteiger partial charge on any atom is 0.132 e. The van der Waals surface area contributed by atoms with Crippen LogP contribution in [0.3, 0.4) is 0 Å². The molecule has 0 unspecified atom stereocenters. The fraction of sp³-hybridized carbons (Fsp3) is 0.118. The van der Waals surface area contributed by atoms with Gasteiger partial charge in [0.1, 0.15) is 11.6 Å². The number of para-hydroxylation sites is 2. The van der Waals surface area contributed by atoms with Gasteiger partial charge in [-0.25, -0.2) is 4.98 Å². The molecule has 2 aromatic carbocycles. The summed E-state index contributed by atoms with van der Waals surface area (Å²) in [5, 5.41) is 1.11. The Morgan fingerprint density at radius 3 is 2.71 bits per heavy atom. The van der Waals surface area contributed by atoms with E-state index in [2.05, 4.69) is 17.1 Å². The number of nitrogens with zero attached hydrogens (tertiary/aromatic N) is 1. The van der Waals surface area contributed by atoms with Crippen molar-refractivity contribution >= 4 is 28.5 Å². The van der Waals surface area contributed by atoms with Crippen LogP contribution >= 0.6 is 11.8 Å². The second kappa shape index (κ2) is 6.06. The van der Waals surface area contributed by atoms with Crippen LogP contribution in [0.15, 0.2) is 59.5 Å². The highest BCUT2D eigenvalue weighted by Crippen LogP contribution is 2.32. The lowest BCUT2D eigenvalue weighted by molar-refractivity contribution is 0.405. The first-order chi connectivity index (χ1) is 10.3. The number of methoxy groups -OCH3 is 1. The van der Waals surface area contributed by atoms with Gasteiger partial charge in [-0.1, -0.05) is 30.3 Å². The highest BCUT2D eigenvalue weighted by molar-refractivity contribution is 7.98. The first kappa shape index (κ1) is 13.8. The number of nitrogens with two attached hydrogens (primary N) is 1. The summed E-state index contributed by atoms with van der Waals surface area (Å²) in [6, 6.07) is 18.1. The number of aromatic nitrogens is 1. The smallest absolute Gasteiger partial charge is 0.132 e. The molecule has 0 radical (unpaired) electrons. The molecule has 0 aliphatic rings. The van der Waals surface area contributed by atoms with E-state index in [0.717, 1.165) is 32.9 Å². The van der Waals surface area contributed by atoms with E-state index in [1.54, 1.807) is 18.9 Å². The zero-order valence-corrected chi connectivity index (χ0v) is 12.6. The number of hydrogen-bond acceptors (Lipinski definition) is 4. The summed E-state index contributed by atoms with van der Waals surface area (Å²) in [7, 11) is 1.69. The number of rotatable bonds is 4. The number of nitrogen functional groups attached to an aromatic ring is 1. The van der Waals surface area contributed by atoms with Gasteiger partial charge < -0.3 is 10.5 Å². The predicted octanol–water partition coefficient (Wildman–Crippen LogP) is 4.12. The quantitative estimate of drug-likeness (QED) is 0.736. The summed E-state index contributed by atoms with van der Waals surface area (Å²) in [5.74, 6) is 2.25. The van der Waals surface area contributed by atoms with Crippen LogP contribution < -0.4 is 10.5 Å². The van der Waals surface area contributed by atoms with E-state index < -0.39 is 0 Å². The van der Waals surface area contributed by atoms with Gasteiger partial charge in [0, 0.05) is 21.6 Å². The van der Waals surface area contributed by atoms with E-state index in [-0.39, 0.29) is 0 Å². The molecule has 0 saturated carbocycles. The van der Waals surface area contributed by atoms with Crippen molar-refractivity contribution < 1.29 is 4.74 Å². The average Bonchev–Trinajstić information content (AvgIpc) is 2.53. The van der Waals surface area contributed by atoms with Crippen molar-refractivity contribution in [3.05, 3.63) is 60.2 Å². The Balaban J connectivity index is 1.86. The van der Waals surface area contributed by atoms with E-state index >= 15 is 0 Å². The number of benzene rings is 2. The minimum atomic E-state index is 0.594. The number of pyridine rings is 1. The van der Waals surface area contributed by atoms with E-state index in [1.807, 2.05) is 42.5 Å². The van der Waals surface area contributed by atoms with Crippen molar-refractivity contribution in [2.45, 2.75) is 10.6 Å². The average molecular weight is 296 g/mol. The second-order valence-electron chi connectivity index (χ2n) is 4.66. The van der Waals surface area contributed by atoms with Crippen molar-refractivity contribution in [1.82, 2.24) is 4.98 Å². The van der Waals surface area contributed by atoms with Gasteiger partial charge in [0.15, 0.2) is 0 Å². The number of thioether (sulfide) groups is 1. The van der Waals surface area contributed by atoms with Crippen molar-refractivity contribution in [3.63, 3.8) is 0 Å². The Hall–Kier alpha value is -2.20. The van der Waals surface area contributed by atoms with Gasteiger partial charge in [0.2, 0.25) is 0 Å². The molecule has 3 rings (SSSR count). The molecule has 0 spiro atoms. The van der Waals surface area contributed by atoms with Gasteiger partial charge in [-0.15, -0.1) is 11.8 Å². The van der Waals surface area contributed by atoms with Crippen LogP contribution in [0.4, 0.5) is 5.82 Å². The van der Waals surface area contributed by atoms with E-state index in [9.17, 15) is 0 Å². The summed E-state index contributed by atoms with van der Waals surface area (Å²) in [5.41, 5.74) is 8.04. The molecule has 3 aromatic rings. The van der Waals surface area contributed by atoms with Gasteiger partial charge in [0.25, 0.3) is 0 Å². The minimum Gasteiger partial charge on any atom is -0.496 e. The molecule has 21 heavy (non-hydrogen) atoms. The molecule has 0 bridgehead atoms. The van der Waals surface area contributed by atoms with Gasteiger partial charge in [0.05, 0.1) is 12.6 Å². The SMILES string of the molecule is COc1ccccc1SCc1cc2ccccc2nc1N. The summed E-state index contributed by atoms with van der Waals surface area (Å²) in [6.07, 6.45) is 0. The van der Waals surface area contributed by atoms with Gasteiger partial charge in [-0.3, -0.25) is 0 Å². The van der Waals surface area contributed by atoms with E-state index in [1.165, 1.54) is 0 Å². The molecule has 106 valence electrons. The Morgan fingerprint density at radius 1 is 1.10 bits per heavy atom. The van der Waals surface area contributed by atoms with Crippen molar-refractivity contribution in [2.75, 3.05) is 12.8 Å². The third kappa shape index (κ3) is 2.95. The molecule has 0 aliphatic heterocycles. The minimum absolute atomic E-state index is 0.594. The van der Waals surface area contributed by atoms with Gasteiger partial charge >= 0.3 is 0 Å². The fourth-order valence-corrected chi connectivity index (χ4v) is 3.19. The topological polar surface area (TPSA) is 48.1 Å². The van der Waals surface area contributed by atoms with Crippen molar-refractivity contribution in [1.29, 1.82) is 0 Å². The van der Waals surface area contributed by atoms with Crippen molar-refractivity contribution in [3.8, 4) is 5.75 Å². The Kier molecular flexibility index (Phi) is 3.97. The molecule has 0 saturated heterocycles. The highest BCUT2D eigenvalue weighted by Gasteiger charge is 2.07.